The molecular formula is C10H8BrClN4OS. The highest BCUT2D eigenvalue weighted by Crippen LogP contribution is 2.24. The van der Waals surface area contributed by atoms with Crippen LogP contribution >= 0.6 is 38.9 Å². The summed E-state index contributed by atoms with van der Waals surface area (Å²) in [6.07, 6.45) is 1.62. The van der Waals surface area contributed by atoms with Crippen molar-refractivity contribution in [2.45, 2.75) is 0 Å². The second-order valence-electron chi connectivity index (χ2n) is 3.24. The average Bonchev–Trinajstić information content (AvgIpc) is 2.73. The van der Waals surface area contributed by atoms with Crippen LogP contribution in [0.15, 0.2) is 22.1 Å². The number of anilines is 2. The third-order valence-electron chi connectivity index (χ3n) is 2.01. The molecule has 0 saturated carbocycles. The maximum absolute atomic E-state index is 12.0. The van der Waals surface area contributed by atoms with Gasteiger partial charge in [0, 0.05) is 12.6 Å². The van der Waals surface area contributed by atoms with E-state index >= 15 is 0 Å². The van der Waals surface area contributed by atoms with Crippen LogP contribution in [-0.4, -0.2) is 22.9 Å². The number of halogens is 2. The van der Waals surface area contributed by atoms with Gasteiger partial charge in [0.15, 0.2) is 5.13 Å². The molecule has 2 aromatic rings. The first-order chi connectivity index (χ1) is 8.58. The fraction of sp³-hybridized carbons (Fsp3) is 0.100. The molecule has 0 aliphatic heterocycles. The summed E-state index contributed by atoms with van der Waals surface area (Å²) in [5, 5.41) is 6.29. The van der Waals surface area contributed by atoms with Crippen LogP contribution < -0.4 is 10.6 Å². The van der Waals surface area contributed by atoms with Gasteiger partial charge in [0.25, 0.3) is 5.91 Å². The van der Waals surface area contributed by atoms with Gasteiger partial charge in [0.2, 0.25) is 0 Å². The van der Waals surface area contributed by atoms with Crippen molar-refractivity contribution >= 4 is 55.7 Å². The molecule has 0 fully saturated rings. The van der Waals surface area contributed by atoms with E-state index in [9.17, 15) is 4.79 Å². The number of nitrogens with one attached hydrogen (secondary N) is 2. The Morgan fingerprint density at radius 2 is 2.28 bits per heavy atom. The van der Waals surface area contributed by atoms with Gasteiger partial charge in [0.1, 0.15) is 11.0 Å². The van der Waals surface area contributed by atoms with E-state index in [1.54, 1.807) is 19.3 Å². The zero-order chi connectivity index (χ0) is 13.1. The number of pyridine rings is 1. The number of carbonyl (C=O) groups is 1. The summed E-state index contributed by atoms with van der Waals surface area (Å²) >= 11 is 10.4. The van der Waals surface area contributed by atoms with Gasteiger partial charge < -0.3 is 5.32 Å². The topological polar surface area (TPSA) is 66.9 Å². The van der Waals surface area contributed by atoms with Gasteiger partial charge in [-0.1, -0.05) is 22.9 Å². The smallest absolute Gasteiger partial charge is 0.257 e. The van der Waals surface area contributed by atoms with Crippen LogP contribution in [0.3, 0.4) is 0 Å². The molecule has 0 unspecified atom stereocenters. The number of amides is 1. The van der Waals surface area contributed by atoms with E-state index in [1.807, 2.05) is 0 Å². The lowest BCUT2D eigenvalue weighted by Crippen LogP contribution is -2.12. The van der Waals surface area contributed by atoms with Crippen molar-refractivity contribution in [1.82, 2.24) is 9.97 Å². The molecule has 8 heteroatoms. The molecule has 1 amide bonds. The predicted octanol–water partition coefficient (Wildman–Crippen LogP) is 3.25. The van der Waals surface area contributed by atoms with Gasteiger partial charge in [-0.2, -0.15) is 0 Å². The van der Waals surface area contributed by atoms with Crippen LogP contribution in [-0.2, 0) is 0 Å². The monoisotopic (exact) mass is 346 g/mol. The van der Waals surface area contributed by atoms with Crippen molar-refractivity contribution < 1.29 is 4.79 Å². The number of hydrogen-bond donors (Lipinski definition) is 2. The highest BCUT2D eigenvalue weighted by atomic mass is 79.9. The van der Waals surface area contributed by atoms with Crippen LogP contribution in [0.25, 0.3) is 0 Å². The van der Waals surface area contributed by atoms with E-state index in [1.165, 1.54) is 17.4 Å². The van der Waals surface area contributed by atoms with E-state index in [-0.39, 0.29) is 11.1 Å². The molecule has 2 N–H and O–H groups in total. The number of nitrogens with zero attached hydrogens (tertiary/aromatic N) is 2. The molecule has 2 rings (SSSR count). The average molecular weight is 348 g/mol. The van der Waals surface area contributed by atoms with Gasteiger partial charge in [-0.25, -0.2) is 9.97 Å². The predicted molar refractivity (Wildman–Crippen MR) is 76.6 cm³/mol. The number of carbonyl (C=O) groups excluding carboxylic acids is 1. The fourth-order valence-corrected chi connectivity index (χ4v) is 2.55. The Balaban J connectivity index is 2.20. The van der Waals surface area contributed by atoms with Crippen molar-refractivity contribution in [2.75, 3.05) is 17.7 Å². The number of thiazole rings is 1. The molecule has 0 saturated heterocycles. The van der Waals surface area contributed by atoms with Crippen LogP contribution in [0, 0.1) is 0 Å². The molecule has 0 spiro atoms. The lowest BCUT2D eigenvalue weighted by atomic mass is 10.2. The molecule has 0 aromatic carbocycles. The number of hydrogen-bond acceptors (Lipinski definition) is 5. The first-order valence-corrected chi connectivity index (χ1v) is 6.85. The second kappa shape index (κ2) is 5.64. The summed E-state index contributed by atoms with van der Waals surface area (Å²) in [5.41, 5.74) is 0.422. The molecule has 0 aliphatic rings. The molecule has 94 valence electrons. The van der Waals surface area contributed by atoms with E-state index in [0.717, 1.165) is 3.79 Å². The van der Waals surface area contributed by atoms with Crippen molar-refractivity contribution in [2.24, 2.45) is 0 Å². The third kappa shape index (κ3) is 3.18. The standard InChI is InChI=1S/C10H8BrClN4OS/c1-13-8-3-5(2-7(12)15-8)9(17)16-10-14-4-6(11)18-10/h2-4H,1H3,(H,13,15)(H,14,16,17). The second-order valence-corrected chi connectivity index (χ2v) is 6.03. The SMILES string of the molecule is CNc1cc(C(=O)Nc2ncc(Br)s2)cc(Cl)n1. The Bertz CT molecular complexity index is 589. The Kier molecular flexibility index (Phi) is 4.15. The summed E-state index contributed by atoms with van der Waals surface area (Å²) in [4.78, 5) is 20.0. The van der Waals surface area contributed by atoms with Crippen molar-refractivity contribution in [1.29, 1.82) is 0 Å². The van der Waals surface area contributed by atoms with Gasteiger partial charge in [-0.15, -0.1) is 0 Å². The van der Waals surface area contributed by atoms with E-state index in [0.29, 0.717) is 16.5 Å². The highest BCUT2D eigenvalue weighted by molar-refractivity contribution is 9.11. The molecule has 0 radical (unpaired) electrons. The number of rotatable bonds is 3. The first kappa shape index (κ1) is 13.3. The quantitative estimate of drug-likeness (QED) is 0.836. The highest BCUT2D eigenvalue weighted by Gasteiger charge is 2.11. The van der Waals surface area contributed by atoms with E-state index in [4.69, 9.17) is 11.6 Å². The molecule has 0 atom stereocenters. The van der Waals surface area contributed by atoms with Crippen molar-refractivity contribution in [3.63, 3.8) is 0 Å². The Morgan fingerprint density at radius 3 is 2.89 bits per heavy atom. The Labute approximate surface area is 121 Å². The van der Waals surface area contributed by atoms with Crippen LogP contribution in [0.5, 0.6) is 0 Å². The normalized spacial score (nSPS) is 10.2. The number of aromatic nitrogens is 2. The fourth-order valence-electron chi connectivity index (χ4n) is 1.24. The third-order valence-corrected chi connectivity index (χ3v) is 3.60. The molecule has 0 aliphatic carbocycles. The minimum absolute atomic E-state index is 0.257. The van der Waals surface area contributed by atoms with Gasteiger partial charge in [-0.05, 0) is 28.1 Å². The molecular weight excluding hydrogens is 340 g/mol. The summed E-state index contributed by atoms with van der Waals surface area (Å²) in [5.74, 6) is 0.255. The van der Waals surface area contributed by atoms with Crippen LogP contribution in [0.2, 0.25) is 5.15 Å². The zero-order valence-electron chi connectivity index (χ0n) is 9.20. The van der Waals surface area contributed by atoms with Crippen LogP contribution in [0.4, 0.5) is 10.9 Å². The van der Waals surface area contributed by atoms with Gasteiger partial charge in [-0.3, -0.25) is 10.1 Å². The molecule has 2 heterocycles. The lowest BCUT2D eigenvalue weighted by Gasteiger charge is -2.05. The minimum atomic E-state index is -0.280. The minimum Gasteiger partial charge on any atom is -0.373 e. The summed E-state index contributed by atoms with van der Waals surface area (Å²) in [6, 6.07) is 3.12. The van der Waals surface area contributed by atoms with Gasteiger partial charge >= 0.3 is 0 Å². The van der Waals surface area contributed by atoms with Crippen molar-refractivity contribution in [3.8, 4) is 0 Å². The maximum Gasteiger partial charge on any atom is 0.257 e. The molecule has 2 aromatic heterocycles. The Hall–Kier alpha value is -1.18. The summed E-state index contributed by atoms with van der Waals surface area (Å²) in [6.45, 7) is 0. The van der Waals surface area contributed by atoms with Crippen LogP contribution in [0.1, 0.15) is 10.4 Å². The summed E-state index contributed by atoms with van der Waals surface area (Å²) in [7, 11) is 1.71. The first-order valence-electron chi connectivity index (χ1n) is 4.86. The lowest BCUT2D eigenvalue weighted by molar-refractivity contribution is 0.102. The van der Waals surface area contributed by atoms with Gasteiger partial charge in [0.05, 0.1) is 9.98 Å². The Morgan fingerprint density at radius 1 is 1.50 bits per heavy atom. The zero-order valence-corrected chi connectivity index (χ0v) is 12.4. The largest absolute Gasteiger partial charge is 0.373 e. The van der Waals surface area contributed by atoms with E-state index < -0.39 is 0 Å². The summed E-state index contributed by atoms with van der Waals surface area (Å²) < 4.78 is 0.849. The molecule has 18 heavy (non-hydrogen) atoms. The molecule has 5 nitrogen and oxygen atoms in total. The van der Waals surface area contributed by atoms with Crippen molar-refractivity contribution in [3.05, 3.63) is 32.8 Å². The molecule has 0 bridgehead atoms. The van der Waals surface area contributed by atoms with E-state index in [2.05, 4.69) is 36.5 Å². The maximum atomic E-state index is 12.0.